The minimum atomic E-state index is -1.10. The van der Waals surface area contributed by atoms with E-state index in [1.165, 1.54) is 12.5 Å². The van der Waals surface area contributed by atoms with Crippen LogP contribution in [0.5, 0.6) is 0 Å². The molecule has 1 amide bonds. The van der Waals surface area contributed by atoms with Gasteiger partial charge in [0, 0.05) is 11.6 Å². The van der Waals surface area contributed by atoms with E-state index in [1.807, 2.05) is 6.92 Å². The summed E-state index contributed by atoms with van der Waals surface area (Å²) in [7, 11) is 0. The molecule has 1 fully saturated rings. The van der Waals surface area contributed by atoms with Gasteiger partial charge in [-0.25, -0.2) is 4.39 Å². The first-order valence-electron chi connectivity index (χ1n) is 7.42. The normalized spacial score (nSPS) is 19.5. The monoisotopic (exact) mass is 278 g/mol. The lowest BCUT2D eigenvalue weighted by atomic mass is 9.83. The van der Waals surface area contributed by atoms with E-state index >= 15 is 0 Å². The molecule has 4 heteroatoms. The molecule has 0 aromatic heterocycles. The minimum absolute atomic E-state index is 0.232. The Morgan fingerprint density at radius 2 is 2.00 bits per heavy atom. The van der Waals surface area contributed by atoms with Crippen molar-refractivity contribution in [3.05, 3.63) is 35.6 Å². The second kappa shape index (κ2) is 6.35. The van der Waals surface area contributed by atoms with Crippen LogP contribution in [0.2, 0.25) is 0 Å². The van der Waals surface area contributed by atoms with Gasteiger partial charge in [0.2, 0.25) is 5.91 Å². The molecule has 0 saturated heterocycles. The molecule has 110 valence electrons. The van der Waals surface area contributed by atoms with E-state index in [9.17, 15) is 9.18 Å². The summed E-state index contributed by atoms with van der Waals surface area (Å²) in [6.45, 7) is 1.87. The number of halogens is 1. The molecule has 1 unspecified atom stereocenters. The second-order valence-electron chi connectivity index (χ2n) is 5.58. The average Bonchev–Trinajstić information content (AvgIpc) is 2.46. The number of carbonyl (C=O) groups excluding carboxylic acids is 1. The predicted octanol–water partition coefficient (Wildman–Crippen LogP) is 2.84. The molecule has 2 rings (SSSR count). The molecule has 1 aromatic rings. The molecule has 3 N–H and O–H groups in total. The molecular weight excluding hydrogens is 255 g/mol. The molecule has 0 aliphatic heterocycles. The van der Waals surface area contributed by atoms with Gasteiger partial charge in [-0.2, -0.15) is 0 Å². The van der Waals surface area contributed by atoms with Crippen LogP contribution in [-0.4, -0.2) is 11.9 Å². The Hall–Kier alpha value is -1.42. The third kappa shape index (κ3) is 2.85. The van der Waals surface area contributed by atoms with E-state index in [0.717, 1.165) is 25.7 Å². The van der Waals surface area contributed by atoms with Crippen molar-refractivity contribution in [1.82, 2.24) is 5.32 Å². The quantitative estimate of drug-likeness (QED) is 0.870. The molecule has 1 atom stereocenters. The Labute approximate surface area is 119 Å². The van der Waals surface area contributed by atoms with Crippen molar-refractivity contribution in [2.45, 2.75) is 57.0 Å². The highest BCUT2D eigenvalue weighted by Gasteiger charge is 2.40. The van der Waals surface area contributed by atoms with Crippen molar-refractivity contribution in [1.29, 1.82) is 0 Å². The van der Waals surface area contributed by atoms with Gasteiger partial charge in [-0.05, 0) is 25.3 Å². The first-order chi connectivity index (χ1) is 9.60. The maximum atomic E-state index is 14.1. The largest absolute Gasteiger partial charge is 0.368 e. The summed E-state index contributed by atoms with van der Waals surface area (Å²) in [6.07, 6.45) is 6.00. The van der Waals surface area contributed by atoms with Crippen LogP contribution in [0.15, 0.2) is 24.3 Å². The molecule has 1 aliphatic carbocycles. The Kier molecular flexibility index (Phi) is 4.76. The number of primary amides is 1. The molecule has 20 heavy (non-hydrogen) atoms. The van der Waals surface area contributed by atoms with Gasteiger partial charge >= 0.3 is 0 Å². The van der Waals surface area contributed by atoms with Crippen LogP contribution in [0.1, 0.15) is 51.0 Å². The summed E-state index contributed by atoms with van der Waals surface area (Å²) >= 11 is 0. The molecule has 3 nitrogen and oxygen atoms in total. The van der Waals surface area contributed by atoms with Crippen LogP contribution >= 0.6 is 0 Å². The fourth-order valence-electron chi connectivity index (χ4n) is 3.15. The van der Waals surface area contributed by atoms with Gasteiger partial charge in [-0.15, -0.1) is 0 Å². The van der Waals surface area contributed by atoms with Crippen LogP contribution in [0.3, 0.4) is 0 Å². The first kappa shape index (κ1) is 15.0. The fourth-order valence-corrected chi connectivity index (χ4v) is 3.15. The van der Waals surface area contributed by atoms with Gasteiger partial charge < -0.3 is 5.73 Å². The molecule has 1 aliphatic rings. The van der Waals surface area contributed by atoms with E-state index in [-0.39, 0.29) is 11.9 Å². The number of rotatable bonds is 5. The number of nitrogens with two attached hydrogens (primary N) is 1. The van der Waals surface area contributed by atoms with Crippen molar-refractivity contribution in [3.63, 3.8) is 0 Å². The Balaban J connectivity index is 2.34. The summed E-state index contributed by atoms with van der Waals surface area (Å²) in [6, 6.07) is 6.63. The van der Waals surface area contributed by atoms with Gasteiger partial charge in [0.15, 0.2) is 0 Å². The van der Waals surface area contributed by atoms with E-state index in [1.54, 1.807) is 18.2 Å². The van der Waals surface area contributed by atoms with Crippen molar-refractivity contribution in [2.75, 3.05) is 0 Å². The fraction of sp³-hybridized carbons (Fsp3) is 0.562. The SMILES string of the molecule is CCC(NC1CCCCC1)(C(N)=O)c1ccccc1F. The van der Waals surface area contributed by atoms with Crippen LogP contribution in [-0.2, 0) is 10.3 Å². The topological polar surface area (TPSA) is 55.1 Å². The highest BCUT2D eigenvalue weighted by Crippen LogP contribution is 2.30. The summed E-state index contributed by atoms with van der Waals surface area (Å²) in [5.41, 5.74) is 4.89. The van der Waals surface area contributed by atoms with Gasteiger partial charge in [0.1, 0.15) is 11.4 Å². The summed E-state index contributed by atoms with van der Waals surface area (Å²) in [5.74, 6) is -0.882. The zero-order valence-corrected chi connectivity index (χ0v) is 12.0. The lowest BCUT2D eigenvalue weighted by Crippen LogP contribution is -2.56. The lowest BCUT2D eigenvalue weighted by Gasteiger charge is -2.37. The van der Waals surface area contributed by atoms with Gasteiger partial charge in [0.25, 0.3) is 0 Å². The predicted molar refractivity (Wildman–Crippen MR) is 77.6 cm³/mol. The van der Waals surface area contributed by atoms with E-state index in [2.05, 4.69) is 5.32 Å². The maximum Gasteiger partial charge on any atom is 0.242 e. The molecule has 1 saturated carbocycles. The van der Waals surface area contributed by atoms with Crippen LogP contribution in [0.25, 0.3) is 0 Å². The van der Waals surface area contributed by atoms with Crippen molar-refractivity contribution < 1.29 is 9.18 Å². The molecule has 0 bridgehead atoms. The van der Waals surface area contributed by atoms with E-state index in [4.69, 9.17) is 5.73 Å². The highest BCUT2D eigenvalue weighted by atomic mass is 19.1. The Morgan fingerprint density at radius 1 is 1.35 bits per heavy atom. The zero-order valence-electron chi connectivity index (χ0n) is 12.0. The lowest BCUT2D eigenvalue weighted by molar-refractivity contribution is -0.125. The summed E-state index contributed by atoms with van der Waals surface area (Å²) in [5, 5.41) is 3.36. The average molecular weight is 278 g/mol. The van der Waals surface area contributed by atoms with E-state index < -0.39 is 11.4 Å². The number of carbonyl (C=O) groups is 1. The molecule has 0 spiro atoms. The van der Waals surface area contributed by atoms with Crippen LogP contribution in [0.4, 0.5) is 4.39 Å². The number of benzene rings is 1. The second-order valence-corrected chi connectivity index (χ2v) is 5.58. The molecule has 0 radical (unpaired) electrons. The Bertz CT molecular complexity index is 471. The maximum absolute atomic E-state index is 14.1. The third-order valence-electron chi connectivity index (χ3n) is 4.34. The number of hydrogen-bond donors (Lipinski definition) is 2. The number of nitrogens with one attached hydrogen (secondary N) is 1. The first-order valence-corrected chi connectivity index (χ1v) is 7.42. The van der Waals surface area contributed by atoms with Gasteiger partial charge in [-0.1, -0.05) is 44.4 Å². The molecule has 1 aromatic carbocycles. The number of hydrogen-bond acceptors (Lipinski definition) is 2. The van der Waals surface area contributed by atoms with Gasteiger partial charge in [0.05, 0.1) is 0 Å². The molecular formula is C16H23FN2O. The standard InChI is InChI=1S/C16H23FN2O/c1-2-16(15(18)20,13-10-6-7-11-14(13)17)19-12-8-4-3-5-9-12/h6-7,10-12,19H,2-5,8-9H2,1H3,(H2,18,20). The van der Waals surface area contributed by atoms with E-state index in [0.29, 0.717) is 12.0 Å². The minimum Gasteiger partial charge on any atom is -0.368 e. The van der Waals surface area contributed by atoms with Crippen molar-refractivity contribution in [2.24, 2.45) is 5.73 Å². The summed E-state index contributed by atoms with van der Waals surface area (Å²) in [4.78, 5) is 12.1. The van der Waals surface area contributed by atoms with Crippen LogP contribution in [0, 0.1) is 5.82 Å². The van der Waals surface area contributed by atoms with Crippen LogP contribution < -0.4 is 11.1 Å². The highest BCUT2D eigenvalue weighted by molar-refractivity contribution is 5.86. The van der Waals surface area contributed by atoms with Crippen molar-refractivity contribution >= 4 is 5.91 Å². The van der Waals surface area contributed by atoms with Gasteiger partial charge in [-0.3, -0.25) is 10.1 Å². The van der Waals surface area contributed by atoms with Crippen molar-refractivity contribution in [3.8, 4) is 0 Å². The third-order valence-corrected chi connectivity index (χ3v) is 4.34. The Morgan fingerprint density at radius 3 is 2.55 bits per heavy atom. The molecule has 0 heterocycles. The zero-order chi connectivity index (χ0) is 14.6. The smallest absolute Gasteiger partial charge is 0.242 e. The number of amides is 1. The summed E-state index contributed by atoms with van der Waals surface area (Å²) < 4.78 is 14.1.